The van der Waals surface area contributed by atoms with Gasteiger partial charge in [-0.25, -0.2) is 9.97 Å². The highest BCUT2D eigenvalue weighted by atomic mass is 16.5. The highest BCUT2D eigenvalue weighted by Gasteiger charge is 2.08. The fourth-order valence-electron chi connectivity index (χ4n) is 1.18. The lowest BCUT2D eigenvalue weighted by Gasteiger charge is -2.13. The van der Waals surface area contributed by atoms with Gasteiger partial charge in [-0.3, -0.25) is 0 Å². The summed E-state index contributed by atoms with van der Waals surface area (Å²) in [5.41, 5.74) is 1.75. The highest BCUT2D eigenvalue weighted by molar-refractivity contribution is 5.39. The molecule has 4 heteroatoms. The van der Waals surface area contributed by atoms with Crippen LogP contribution in [0.5, 0.6) is 5.75 Å². The molecule has 0 amide bonds. The SMILES string of the molecule is COc1c(C)nc(N(C)C)nc1C. The predicted octanol–water partition coefficient (Wildman–Crippen LogP) is 1.17. The van der Waals surface area contributed by atoms with Gasteiger partial charge in [-0.15, -0.1) is 0 Å². The first-order chi connectivity index (χ1) is 6.06. The summed E-state index contributed by atoms with van der Waals surface area (Å²) in [5, 5.41) is 0. The summed E-state index contributed by atoms with van der Waals surface area (Å²) in [4.78, 5) is 10.5. The van der Waals surface area contributed by atoms with Gasteiger partial charge in [-0.2, -0.15) is 0 Å². The molecule has 13 heavy (non-hydrogen) atoms. The Hall–Kier alpha value is -1.32. The van der Waals surface area contributed by atoms with Gasteiger partial charge in [0.15, 0.2) is 5.75 Å². The first-order valence-electron chi connectivity index (χ1n) is 4.12. The van der Waals surface area contributed by atoms with Crippen molar-refractivity contribution in [3.05, 3.63) is 11.4 Å². The van der Waals surface area contributed by atoms with Crippen LogP contribution in [0, 0.1) is 13.8 Å². The van der Waals surface area contributed by atoms with Crippen LogP contribution in [0.15, 0.2) is 0 Å². The van der Waals surface area contributed by atoms with E-state index in [0.717, 1.165) is 23.1 Å². The largest absolute Gasteiger partial charge is 0.493 e. The fourth-order valence-corrected chi connectivity index (χ4v) is 1.18. The lowest BCUT2D eigenvalue weighted by molar-refractivity contribution is 0.403. The molecule has 0 saturated carbocycles. The summed E-state index contributed by atoms with van der Waals surface area (Å²) < 4.78 is 5.17. The molecule has 0 N–H and O–H groups in total. The molecule has 4 nitrogen and oxygen atoms in total. The van der Waals surface area contributed by atoms with Crippen molar-refractivity contribution in [3.8, 4) is 5.75 Å². The summed E-state index contributed by atoms with van der Waals surface area (Å²) in [6.07, 6.45) is 0. The van der Waals surface area contributed by atoms with Crippen LogP contribution < -0.4 is 9.64 Å². The smallest absolute Gasteiger partial charge is 0.225 e. The van der Waals surface area contributed by atoms with Gasteiger partial charge >= 0.3 is 0 Å². The Labute approximate surface area is 78.6 Å². The molecule has 72 valence electrons. The first kappa shape index (κ1) is 9.77. The Morgan fingerprint density at radius 3 is 1.85 bits per heavy atom. The number of rotatable bonds is 2. The van der Waals surface area contributed by atoms with Crippen LogP contribution in [-0.4, -0.2) is 31.2 Å². The summed E-state index contributed by atoms with van der Waals surface area (Å²) in [6, 6.07) is 0. The van der Waals surface area contributed by atoms with Gasteiger partial charge in [-0.05, 0) is 13.8 Å². The van der Waals surface area contributed by atoms with E-state index in [0.29, 0.717) is 0 Å². The van der Waals surface area contributed by atoms with E-state index in [1.165, 1.54) is 0 Å². The summed E-state index contributed by atoms with van der Waals surface area (Å²) in [6.45, 7) is 3.83. The van der Waals surface area contributed by atoms with Crippen LogP contribution in [0.3, 0.4) is 0 Å². The minimum absolute atomic E-state index is 0.718. The second-order valence-electron chi connectivity index (χ2n) is 3.12. The molecule has 0 saturated heterocycles. The summed E-state index contributed by atoms with van der Waals surface area (Å²) in [7, 11) is 5.47. The second kappa shape index (κ2) is 3.60. The van der Waals surface area contributed by atoms with Crippen molar-refractivity contribution in [2.75, 3.05) is 26.1 Å². The summed E-state index contributed by atoms with van der Waals surface area (Å²) >= 11 is 0. The monoisotopic (exact) mass is 181 g/mol. The molecule has 0 aliphatic rings. The van der Waals surface area contributed by atoms with E-state index in [-0.39, 0.29) is 0 Å². The Balaban J connectivity index is 3.20. The van der Waals surface area contributed by atoms with Gasteiger partial charge in [0.1, 0.15) is 0 Å². The van der Waals surface area contributed by atoms with Crippen LogP contribution in [0.4, 0.5) is 5.95 Å². The van der Waals surface area contributed by atoms with Gasteiger partial charge in [0.05, 0.1) is 18.5 Å². The van der Waals surface area contributed by atoms with E-state index in [1.807, 2.05) is 32.8 Å². The number of hydrogen-bond acceptors (Lipinski definition) is 4. The van der Waals surface area contributed by atoms with Crippen molar-refractivity contribution in [2.24, 2.45) is 0 Å². The number of ether oxygens (including phenoxy) is 1. The topological polar surface area (TPSA) is 38.2 Å². The maximum absolute atomic E-state index is 5.17. The van der Waals surface area contributed by atoms with Crippen LogP contribution in [0.25, 0.3) is 0 Å². The molecule has 0 unspecified atom stereocenters. The molecular formula is C9H15N3O. The number of aromatic nitrogens is 2. The number of hydrogen-bond donors (Lipinski definition) is 0. The van der Waals surface area contributed by atoms with Gasteiger partial charge in [0.25, 0.3) is 0 Å². The number of methoxy groups -OCH3 is 1. The molecule has 0 spiro atoms. The Bertz CT molecular complexity index is 287. The molecule has 0 bridgehead atoms. The third-order valence-electron chi connectivity index (χ3n) is 1.80. The van der Waals surface area contributed by atoms with E-state index in [9.17, 15) is 0 Å². The van der Waals surface area contributed by atoms with E-state index in [1.54, 1.807) is 7.11 Å². The Kier molecular flexibility index (Phi) is 2.70. The third-order valence-corrected chi connectivity index (χ3v) is 1.80. The number of nitrogens with zero attached hydrogens (tertiary/aromatic N) is 3. The molecular weight excluding hydrogens is 166 g/mol. The van der Waals surface area contributed by atoms with Crippen molar-refractivity contribution in [2.45, 2.75) is 13.8 Å². The molecule has 0 fully saturated rings. The number of aryl methyl sites for hydroxylation is 2. The van der Waals surface area contributed by atoms with Gasteiger partial charge in [0.2, 0.25) is 5.95 Å². The van der Waals surface area contributed by atoms with Crippen molar-refractivity contribution in [1.29, 1.82) is 0 Å². The van der Waals surface area contributed by atoms with E-state index in [4.69, 9.17) is 4.74 Å². The predicted molar refractivity (Wildman–Crippen MR) is 52.4 cm³/mol. The molecule has 1 rings (SSSR count). The molecule has 0 aliphatic heterocycles. The van der Waals surface area contributed by atoms with Crippen molar-refractivity contribution in [3.63, 3.8) is 0 Å². The van der Waals surface area contributed by atoms with Crippen LogP contribution >= 0.6 is 0 Å². The van der Waals surface area contributed by atoms with E-state index in [2.05, 4.69) is 9.97 Å². The van der Waals surface area contributed by atoms with Gasteiger partial charge in [-0.1, -0.05) is 0 Å². The van der Waals surface area contributed by atoms with Crippen molar-refractivity contribution in [1.82, 2.24) is 9.97 Å². The Morgan fingerprint density at radius 2 is 1.54 bits per heavy atom. The molecule has 1 heterocycles. The van der Waals surface area contributed by atoms with Crippen molar-refractivity contribution >= 4 is 5.95 Å². The quantitative estimate of drug-likeness (QED) is 0.686. The van der Waals surface area contributed by atoms with Gasteiger partial charge < -0.3 is 9.64 Å². The standard InChI is InChI=1S/C9H15N3O/c1-6-8(13-5)7(2)11-9(10-6)12(3)4/h1-5H3. The molecule has 1 aromatic rings. The second-order valence-corrected chi connectivity index (χ2v) is 3.12. The van der Waals surface area contributed by atoms with Crippen molar-refractivity contribution < 1.29 is 4.74 Å². The van der Waals surface area contributed by atoms with E-state index < -0.39 is 0 Å². The Morgan fingerprint density at radius 1 is 1.08 bits per heavy atom. The lowest BCUT2D eigenvalue weighted by atomic mass is 10.3. The normalized spacial score (nSPS) is 9.92. The maximum Gasteiger partial charge on any atom is 0.225 e. The van der Waals surface area contributed by atoms with Crippen LogP contribution in [0.1, 0.15) is 11.4 Å². The van der Waals surface area contributed by atoms with Crippen LogP contribution in [-0.2, 0) is 0 Å². The minimum atomic E-state index is 0.718. The average Bonchev–Trinajstić information content (AvgIpc) is 2.03. The van der Waals surface area contributed by atoms with Crippen LogP contribution in [0.2, 0.25) is 0 Å². The fraction of sp³-hybridized carbons (Fsp3) is 0.556. The third kappa shape index (κ3) is 1.88. The number of anilines is 1. The molecule has 0 aliphatic carbocycles. The molecule has 0 atom stereocenters. The molecule has 0 radical (unpaired) electrons. The summed E-state index contributed by atoms with van der Waals surface area (Å²) in [5.74, 6) is 1.49. The maximum atomic E-state index is 5.17. The zero-order chi connectivity index (χ0) is 10.0. The first-order valence-corrected chi connectivity index (χ1v) is 4.12. The lowest BCUT2D eigenvalue weighted by Crippen LogP contribution is -2.14. The average molecular weight is 181 g/mol. The van der Waals surface area contributed by atoms with Gasteiger partial charge in [0, 0.05) is 14.1 Å². The molecule has 1 aromatic heterocycles. The van der Waals surface area contributed by atoms with E-state index >= 15 is 0 Å². The zero-order valence-electron chi connectivity index (χ0n) is 8.75. The zero-order valence-corrected chi connectivity index (χ0v) is 8.75. The molecule has 0 aromatic carbocycles. The highest BCUT2D eigenvalue weighted by Crippen LogP contribution is 2.20. The minimum Gasteiger partial charge on any atom is -0.493 e.